The molecular formula is C24H21NO3. The fourth-order valence-corrected chi connectivity index (χ4v) is 3.28. The normalized spacial score (nSPS) is 13.5. The van der Waals surface area contributed by atoms with E-state index in [1.165, 1.54) is 0 Å². The summed E-state index contributed by atoms with van der Waals surface area (Å²) in [7, 11) is 0. The Hall–Kier alpha value is -3.53. The van der Waals surface area contributed by atoms with Gasteiger partial charge in [0.15, 0.2) is 11.5 Å². The van der Waals surface area contributed by atoms with E-state index in [9.17, 15) is 4.79 Å². The van der Waals surface area contributed by atoms with Gasteiger partial charge in [0.2, 0.25) is 12.7 Å². The third-order valence-corrected chi connectivity index (χ3v) is 4.74. The second-order valence-corrected chi connectivity index (χ2v) is 6.65. The van der Waals surface area contributed by atoms with E-state index in [1.54, 1.807) is 12.2 Å². The number of hydrogen-bond donors (Lipinski definition) is 1. The monoisotopic (exact) mass is 371 g/mol. The minimum absolute atomic E-state index is 0.158. The molecule has 140 valence electrons. The van der Waals surface area contributed by atoms with Gasteiger partial charge in [-0.05, 0) is 47.4 Å². The molecule has 1 N–H and O–H groups in total. The fourth-order valence-electron chi connectivity index (χ4n) is 3.28. The highest BCUT2D eigenvalue weighted by molar-refractivity contribution is 5.92. The van der Waals surface area contributed by atoms with Gasteiger partial charge in [-0.3, -0.25) is 4.79 Å². The van der Waals surface area contributed by atoms with Crippen LogP contribution in [0.15, 0.2) is 78.9 Å². The third kappa shape index (κ3) is 3.91. The number of amides is 1. The molecule has 1 aliphatic heterocycles. The van der Waals surface area contributed by atoms with Crippen molar-refractivity contribution in [3.05, 3.63) is 101 Å². The van der Waals surface area contributed by atoms with E-state index < -0.39 is 0 Å². The van der Waals surface area contributed by atoms with Crippen molar-refractivity contribution in [3.63, 3.8) is 0 Å². The molecular weight excluding hydrogens is 350 g/mol. The summed E-state index contributed by atoms with van der Waals surface area (Å²) in [6.07, 6.45) is 3.32. The molecule has 0 unspecified atom stereocenters. The van der Waals surface area contributed by atoms with Crippen molar-refractivity contribution in [1.82, 2.24) is 5.32 Å². The molecule has 3 aromatic carbocycles. The second-order valence-electron chi connectivity index (χ2n) is 6.65. The lowest BCUT2D eigenvalue weighted by Gasteiger charge is -2.21. The Morgan fingerprint density at radius 1 is 0.964 bits per heavy atom. The van der Waals surface area contributed by atoms with Gasteiger partial charge >= 0.3 is 0 Å². The molecule has 0 radical (unpaired) electrons. The maximum Gasteiger partial charge on any atom is 0.244 e. The van der Waals surface area contributed by atoms with Gasteiger partial charge in [-0.2, -0.15) is 0 Å². The molecule has 1 aliphatic rings. The average molecular weight is 371 g/mol. The molecule has 3 aromatic rings. The zero-order valence-electron chi connectivity index (χ0n) is 15.6. The van der Waals surface area contributed by atoms with Gasteiger partial charge in [0.1, 0.15) is 0 Å². The highest BCUT2D eigenvalue weighted by Gasteiger charge is 2.17. The Morgan fingerprint density at radius 3 is 2.54 bits per heavy atom. The Labute approximate surface area is 164 Å². The first-order chi connectivity index (χ1) is 13.7. The van der Waals surface area contributed by atoms with Gasteiger partial charge in [0, 0.05) is 6.08 Å². The van der Waals surface area contributed by atoms with E-state index >= 15 is 0 Å². The van der Waals surface area contributed by atoms with Gasteiger partial charge in [-0.1, -0.05) is 60.7 Å². The zero-order chi connectivity index (χ0) is 19.3. The number of fused-ring (bicyclic) bond motifs is 1. The fraction of sp³-hybridized carbons (Fsp3) is 0.125. The summed E-state index contributed by atoms with van der Waals surface area (Å²) in [6, 6.07) is 23.5. The number of carbonyl (C=O) groups excluding carboxylic acids is 1. The topological polar surface area (TPSA) is 47.6 Å². The number of ether oxygens (including phenoxy) is 2. The summed E-state index contributed by atoms with van der Waals surface area (Å²) in [5.74, 6) is 1.27. The van der Waals surface area contributed by atoms with Gasteiger partial charge < -0.3 is 14.8 Å². The number of benzene rings is 3. The first-order valence-corrected chi connectivity index (χ1v) is 9.19. The van der Waals surface area contributed by atoms with Crippen LogP contribution in [0.5, 0.6) is 11.5 Å². The summed E-state index contributed by atoms with van der Waals surface area (Å²) in [6.45, 7) is 2.29. The van der Waals surface area contributed by atoms with Gasteiger partial charge in [0.05, 0.1) is 6.04 Å². The molecule has 1 heterocycles. The highest BCUT2D eigenvalue weighted by atomic mass is 16.7. The summed E-state index contributed by atoms with van der Waals surface area (Å²) in [5.41, 5.74) is 4.14. The molecule has 0 fully saturated rings. The van der Waals surface area contributed by atoms with Crippen LogP contribution in [0.1, 0.15) is 28.3 Å². The Balaban J connectivity index is 1.55. The maximum absolute atomic E-state index is 12.7. The van der Waals surface area contributed by atoms with Crippen LogP contribution in [-0.2, 0) is 4.79 Å². The van der Waals surface area contributed by atoms with Crippen LogP contribution < -0.4 is 14.8 Å². The third-order valence-electron chi connectivity index (χ3n) is 4.74. The predicted octanol–water partition coefficient (Wildman–Crippen LogP) is 4.64. The van der Waals surface area contributed by atoms with Crippen LogP contribution in [0.2, 0.25) is 0 Å². The van der Waals surface area contributed by atoms with Crippen LogP contribution in [0, 0.1) is 6.92 Å². The van der Waals surface area contributed by atoms with Gasteiger partial charge in [0.25, 0.3) is 0 Å². The van der Waals surface area contributed by atoms with E-state index in [2.05, 4.69) is 24.4 Å². The SMILES string of the molecule is Cc1ccccc1[C@H](NC(=O)/C=C/c1ccc2c(c1)OCO2)c1ccccc1. The number of aryl methyl sites for hydroxylation is 1. The largest absolute Gasteiger partial charge is 0.454 e. The lowest BCUT2D eigenvalue weighted by Crippen LogP contribution is -2.28. The van der Waals surface area contributed by atoms with Crippen LogP contribution in [-0.4, -0.2) is 12.7 Å². The first kappa shape index (κ1) is 17.9. The molecule has 4 heteroatoms. The molecule has 4 nitrogen and oxygen atoms in total. The smallest absolute Gasteiger partial charge is 0.244 e. The quantitative estimate of drug-likeness (QED) is 0.665. The van der Waals surface area contributed by atoms with Crippen molar-refractivity contribution in [3.8, 4) is 11.5 Å². The van der Waals surface area contributed by atoms with Crippen molar-refractivity contribution in [2.75, 3.05) is 6.79 Å². The van der Waals surface area contributed by atoms with Crippen molar-refractivity contribution in [2.45, 2.75) is 13.0 Å². The van der Waals surface area contributed by atoms with Crippen molar-refractivity contribution < 1.29 is 14.3 Å². The molecule has 0 aromatic heterocycles. The van der Waals surface area contributed by atoms with Crippen LogP contribution in [0.3, 0.4) is 0 Å². The van der Waals surface area contributed by atoms with E-state index in [-0.39, 0.29) is 18.7 Å². The molecule has 4 rings (SSSR count). The summed E-state index contributed by atoms with van der Waals surface area (Å²) < 4.78 is 10.7. The lowest BCUT2D eigenvalue weighted by atomic mass is 9.95. The lowest BCUT2D eigenvalue weighted by molar-refractivity contribution is -0.116. The van der Waals surface area contributed by atoms with E-state index in [0.29, 0.717) is 5.75 Å². The summed E-state index contributed by atoms with van der Waals surface area (Å²) in [5, 5.41) is 3.13. The standard InChI is InChI=1S/C24H21NO3/c1-17-7-5-6-10-20(17)24(19-8-3-2-4-9-19)25-23(26)14-12-18-11-13-21-22(15-18)28-16-27-21/h2-15,24H,16H2,1H3,(H,25,26)/b14-12+/t24-/m1/s1. The van der Waals surface area contributed by atoms with E-state index in [0.717, 1.165) is 28.0 Å². The molecule has 0 aliphatic carbocycles. The number of nitrogens with one attached hydrogen (secondary N) is 1. The molecule has 0 saturated carbocycles. The Kier molecular flexibility index (Phi) is 5.11. The number of rotatable bonds is 5. The Bertz CT molecular complexity index is 1010. The van der Waals surface area contributed by atoms with Crippen molar-refractivity contribution in [2.24, 2.45) is 0 Å². The Morgan fingerprint density at radius 2 is 1.71 bits per heavy atom. The molecule has 0 spiro atoms. The summed E-state index contributed by atoms with van der Waals surface area (Å²) in [4.78, 5) is 12.7. The number of hydrogen-bond acceptors (Lipinski definition) is 3. The van der Waals surface area contributed by atoms with E-state index in [4.69, 9.17) is 9.47 Å². The average Bonchev–Trinajstić information content (AvgIpc) is 3.20. The van der Waals surface area contributed by atoms with Gasteiger partial charge in [-0.25, -0.2) is 0 Å². The van der Waals surface area contributed by atoms with Crippen molar-refractivity contribution in [1.29, 1.82) is 0 Å². The zero-order valence-corrected chi connectivity index (χ0v) is 15.6. The molecule has 0 saturated heterocycles. The molecule has 0 bridgehead atoms. The van der Waals surface area contributed by atoms with Crippen molar-refractivity contribution >= 4 is 12.0 Å². The maximum atomic E-state index is 12.7. The van der Waals surface area contributed by atoms with E-state index in [1.807, 2.05) is 60.7 Å². The van der Waals surface area contributed by atoms with Crippen LogP contribution >= 0.6 is 0 Å². The minimum atomic E-state index is -0.212. The molecule has 28 heavy (non-hydrogen) atoms. The summed E-state index contributed by atoms with van der Waals surface area (Å²) >= 11 is 0. The predicted molar refractivity (Wildman–Crippen MR) is 109 cm³/mol. The number of carbonyl (C=O) groups is 1. The molecule has 1 amide bonds. The second kappa shape index (κ2) is 8.01. The highest BCUT2D eigenvalue weighted by Crippen LogP contribution is 2.32. The van der Waals surface area contributed by atoms with Crippen LogP contribution in [0.4, 0.5) is 0 Å². The minimum Gasteiger partial charge on any atom is -0.454 e. The van der Waals surface area contributed by atoms with Crippen LogP contribution in [0.25, 0.3) is 6.08 Å². The molecule has 1 atom stereocenters. The van der Waals surface area contributed by atoms with Gasteiger partial charge in [-0.15, -0.1) is 0 Å². The first-order valence-electron chi connectivity index (χ1n) is 9.19.